The molecule has 0 amide bonds. The molecule has 0 unspecified atom stereocenters. The van der Waals surface area contributed by atoms with Gasteiger partial charge >= 0.3 is 5.97 Å². The van der Waals surface area contributed by atoms with Crippen molar-refractivity contribution in [3.05, 3.63) is 52.6 Å². The number of carboxylic acids is 1. The van der Waals surface area contributed by atoms with Crippen LogP contribution in [0.15, 0.2) is 30.6 Å². The first kappa shape index (κ1) is 21.3. The predicted octanol–water partition coefficient (Wildman–Crippen LogP) is 4.95. The van der Waals surface area contributed by atoms with E-state index in [9.17, 15) is 4.79 Å². The summed E-state index contributed by atoms with van der Waals surface area (Å²) in [5.74, 6) is -0.751. The molecular formula is C22H26ClN3O3. The van der Waals surface area contributed by atoms with Gasteiger partial charge in [-0.2, -0.15) is 5.10 Å². The van der Waals surface area contributed by atoms with Gasteiger partial charge < -0.3 is 9.84 Å². The molecule has 0 saturated carbocycles. The van der Waals surface area contributed by atoms with Gasteiger partial charge in [0.25, 0.3) is 0 Å². The van der Waals surface area contributed by atoms with Crippen LogP contribution in [0.3, 0.4) is 0 Å². The zero-order valence-corrected chi connectivity index (χ0v) is 17.6. The van der Waals surface area contributed by atoms with Crippen molar-refractivity contribution in [2.45, 2.75) is 52.1 Å². The quantitative estimate of drug-likeness (QED) is 0.474. The van der Waals surface area contributed by atoms with E-state index in [1.54, 1.807) is 13.3 Å². The molecule has 0 aromatic carbocycles. The molecule has 0 saturated heterocycles. The zero-order valence-electron chi connectivity index (χ0n) is 16.8. The van der Waals surface area contributed by atoms with Gasteiger partial charge in [0.2, 0.25) is 0 Å². The summed E-state index contributed by atoms with van der Waals surface area (Å²) >= 11 is 6.24. The number of unbranched alkanes of at least 4 members (excludes halogenated alkanes) is 2. The minimum absolute atomic E-state index is 0.200. The maximum atomic E-state index is 10.8. The second-order valence-corrected chi connectivity index (χ2v) is 7.49. The van der Waals surface area contributed by atoms with Crippen molar-refractivity contribution < 1.29 is 14.6 Å². The Balaban J connectivity index is 2.08. The summed E-state index contributed by atoms with van der Waals surface area (Å²) in [7, 11) is 1.67. The number of methoxy groups -OCH3 is 1. The van der Waals surface area contributed by atoms with E-state index in [2.05, 4.69) is 24.0 Å². The van der Waals surface area contributed by atoms with E-state index >= 15 is 0 Å². The number of nitrogens with zero attached hydrogens (tertiary/aromatic N) is 3. The lowest BCUT2D eigenvalue weighted by Gasteiger charge is -2.17. The highest BCUT2D eigenvalue weighted by Crippen LogP contribution is 2.33. The molecule has 0 fully saturated rings. The van der Waals surface area contributed by atoms with Crippen LogP contribution in [0.2, 0.25) is 5.02 Å². The van der Waals surface area contributed by atoms with Crippen molar-refractivity contribution >= 4 is 23.1 Å². The fourth-order valence-electron chi connectivity index (χ4n) is 3.67. The number of carbonyl (C=O) groups is 1. The van der Waals surface area contributed by atoms with Crippen molar-refractivity contribution in [3.8, 4) is 11.1 Å². The van der Waals surface area contributed by atoms with Crippen LogP contribution in [0, 0.1) is 0 Å². The largest absolute Gasteiger partial charge is 0.481 e. The number of aliphatic carboxylic acids is 1. The predicted molar refractivity (Wildman–Crippen MR) is 113 cm³/mol. The SMILES string of the molecule is CCc1ccc2c(-c3cncc(Cl)c3)c(CCCCCC(=O)O)c(COC)nn12. The van der Waals surface area contributed by atoms with Crippen LogP contribution >= 0.6 is 11.6 Å². The fourth-order valence-corrected chi connectivity index (χ4v) is 3.85. The second kappa shape index (κ2) is 9.85. The minimum atomic E-state index is -0.751. The molecule has 3 rings (SSSR count). The normalized spacial score (nSPS) is 11.3. The molecule has 6 nitrogen and oxygen atoms in total. The third-order valence-electron chi connectivity index (χ3n) is 5.02. The van der Waals surface area contributed by atoms with Crippen molar-refractivity contribution in [1.29, 1.82) is 0 Å². The molecule has 0 radical (unpaired) electrons. The highest BCUT2D eigenvalue weighted by Gasteiger charge is 2.19. The number of pyridine rings is 1. The van der Waals surface area contributed by atoms with Crippen molar-refractivity contribution in [2.24, 2.45) is 0 Å². The van der Waals surface area contributed by atoms with Crippen LogP contribution < -0.4 is 0 Å². The monoisotopic (exact) mass is 415 g/mol. The Kier molecular flexibility index (Phi) is 7.23. The van der Waals surface area contributed by atoms with Crippen molar-refractivity contribution in [1.82, 2.24) is 14.6 Å². The molecule has 3 heterocycles. The van der Waals surface area contributed by atoms with Gasteiger partial charge in [-0.1, -0.05) is 24.9 Å². The van der Waals surface area contributed by atoms with Gasteiger partial charge in [-0.25, -0.2) is 4.52 Å². The van der Waals surface area contributed by atoms with E-state index in [0.717, 1.165) is 59.3 Å². The van der Waals surface area contributed by atoms with Gasteiger partial charge in [-0.3, -0.25) is 9.78 Å². The summed E-state index contributed by atoms with van der Waals surface area (Å²) < 4.78 is 7.43. The van der Waals surface area contributed by atoms with E-state index in [0.29, 0.717) is 18.1 Å². The average Bonchev–Trinajstić information content (AvgIpc) is 3.10. The van der Waals surface area contributed by atoms with E-state index in [1.165, 1.54) is 0 Å². The standard InChI is InChI=1S/C22H26ClN3O3/c1-3-17-9-10-20-22(15-11-16(23)13-24-12-15)18(7-5-4-6-8-21(27)28)19(14-29-2)25-26(17)20/h9-13H,3-8,14H2,1-2H3,(H,27,28). The molecule has 7 heteroatoms. The van der Waals surface area contributed by atoms with Crippen molar-refractivity contribution in [3.63, 3.8) is 0 Å². The van der Waals surface area contributed by atoms with Gasteiger partial charge in [0.15, 0.2) is 0 Å². The van der Waals surface area contributed by atoms with Crippen LogP contribution in [0.1, 0.15) is 49.6 Å². The molecule has 0 atom stereocenters. The van der Waals surface area contributed by atoms with Gasteiger partial charge in [0.05, 0.1) is 22.8 Å². The number of halogens is 1. The van der Waals surface area contributed by atoms with E-state index in [1.807, 2.05) is 16.8 Å². The third-order valence-corrected chi connectivity index (χ3v) is 5.22. The Bertz CT molecular complexity index is 1000. The molecule has 0 aliphatic carbocycles. The van der Waals surface area contributed by atoms with Gasteiger partial charge in [-0.05, 0) is 49.4 Å². The van der Waals surface area contributed by atoms with Crippen LogP contribution in [-0.4, -0.2) is 32.8 Å². The van der Waals surface area contributed by atoms with E-state index in [4.69, 9.17) is 26.5 Å². The molecule has 0 aliphatic heterocycles. The number of hydrogen-bond acceptors (Lipinski definition) is 4. The lowest BCUT2D eigenvalue weighted by Crippen LogP contribution is -2.10. The summed E-state index contributed by atoms with van der Waals surface area (Å²) in [4.78, 5) is 15.1. The number of ether oxygens (including phenoxy) is 1. The summed E-state index contributed by atoms with van der Waals surface area (Å²) in [5, 5.41) is 14.3. The maximum absolute atomic E-state index is 10.8. The number of aryl methyl sites for hydroxylation is 1. The number of carboxylic acid groups (broad SMARTS) is 1. The van der Waals surface area contributed by atoms with Gasteiger partial charge in [0.1, 0.15) is 0 Å². The molecule has 29 heavy (non-hydrogen) atoms. The topological polar surface area (TPSA) is 76.7 Å². The number of hydrogen-bond donors (Lipinski definition) is 1. The fraction of sp³-hybridized carbons (Fsp3) is 0.409. The summed E-state index contributed by atoms with van der Waals surface area (Å²) in [5.41, 5.74) is 6.16. The molecule has 1 N–H and O–H groups in total. The summed E-state index contributed by atoms with van der Waals surface area (Å²) in [6, 6.07) is 6.11. The molecule has 154 valence electrons. The first-order valence-corrected chi connectivity index (χ1v) is 10.3. The Morgan fingerprint density at radius 3 is 2.76 bits per heavy atom. The first-order chi connectivity index (χ1) is 14.0. The molecule has 3 aromatic heterocycles. The van der Waals surface area contributed by atoms with Gasteiger partial charge in [-0.15, -0.1) is 0 Å². The molecule has 0 aliphatic rings. The summed E-state index contributed by atoms with van der Waals surface area (Å²) in [6.45, 7) is 2.51. The highest BCUT2D eigenvalue weighted by molar-refractivity contribution is 6.30. The lowest BCUT2D eigenvalue weighted by molar-refractivity contribution is -0.137. The Hall–Kier alpha value is -2.44. The number of aromatic nitrogens is 3. The third kappa shape index (κ3) is 4.95. The minimum Gasteiger partial charge on any atom is -0.481 e. The molecule has 3 aromatic rings. The molecule has 0 spiro atoms. The Morgan fingerprint density at radius 2 is 2.07 bits per heavy atom. The Labute approximate surface area is 175 Å². The average molecular weight is 416 g/mol. The van der Waals surface area contributed by atoms with Crippen molar-refractivity contribution in [2.75, 3.05) is 7.11 Å². The summed E-state index contributed by atoms with van der Waals surface area (Å²) in [6.07, 6.45) is 7.70. The molecule has 0 bridgehead atoms. The first-order valence-electron chi connectivity index (χ1n) is 9.89. The maximum Gasteiger partial charge on any atom is 0.303 e. The Morgan fingerprint density at radius 1 is 1.24 bits per heavy atom. The van der Waals surface area contributed by atoms with Crippen LogP contribution in [0.4, 0.5) is 0 Å². The highest BCUT2D eigenvalue weighted by atomic mass is 35.5. The molecular weight excluding hydrogens is 390 g/mol. The second-order valence-electron chi connectivity index (χ2n) is 7.05. The van der Waals surface area contributed by atoms with Crippen LogP contribution in [0.25, 0.3) is 16.6 Å². The number of fused-ring (bicyclic) bond motifs is 1. The van der Waals surface area contributed by atoms with Gasteiger partial charge in [0, 0.05) is 42.7 Å². The van der Waals surface area contributed by atoms with Crippen LogP contribution in [0.5, 0.6) is 0 Å². The van der Waals surface area contributed by atoms with E-state index in [-0.39, 0.29) is 6.42 Å². The van der Waals surface area contributed by atoms with Crippen LogP contribution in [-0.2, 0) is 29.0 Å². The smallest absolute Gasteiger partial charge is 0.303 e. The zero-order chi connectivity index (χ0) is 20.8. The number of rotatable bonds is 10. The lowest BCUT2D eigenvalue weighted by atomic mass is 9.95. The van der Waals surface area contributed by atoms with E-state index < -0.39 is 5.97 Å².